The zero-order valence-corrected chi connectivity index (χ0v) is 19.0. The van der Waals surface area contributed by atoms with Crippen molar-refractivity contribution in [1.29, 1.82) is 0 Å². The molecule has 4 aromatic rings. The molecule has 1 fully saturated rings. The fraction of sp³-hybridized carbons (Fsp3) is 0.304. The third-order valence-corrected chi connectivity index (χ3v) is 6.56. The lowest BCUT2D eigenvalue weighted by Crippen LogP contribution is -2.41. The largest absolute Gasteiger partial charge is 0.474 e. The molecule has 0 saturated heterocycles. The van der Waals surface area contributed by atoms with E-state index >= 15 is 0 Å². The molecular weight excluding hydrogens is 471 g/mol. The first kappa shape index (κ1) is 22.6. The van der Waals surface area contributed by atoms with Gasteiger partial charge < -0.3 is 9.30 Å². The van der Waals surface area contributed by atoms with E-state index in [4.69, 9.17) is 8.92 Å². The quantitative estimate of drug-likeness (QED) is 0.377. The van der Waals surface area contributed by atoms with Crippen LogP contribution in [-0.2, 0) is 27.5 Å². The predicted octanol–water partition coefficient (Wildman–Crippen LogP) is 4.69. The SMILES string of the molecule is Cn1c2ccncc2c2ccc(-c3cnc(O[C@H]4C[C@@H](OS(C)(=O)=O)C4)c(C(F)(F)F)c3)cc21. The number of hydrogen-bond acceptors (Lipinski definition) is 6. The van der Waals surface area contributed by atoms with E-state index in [1.807, 2.05) is 29.8 Å². The van der Waals surface area contributed by atoms with E-state index in [9.17, 15) is 21.6 Å². The normalized spacial score (nSPS) is 18.9. The summed E-state index contributed by atoms with van der Waals surface area (Å²) in [6.45, 7) is 0. The molecule has 3 heterocycles. The molecule has 0 radical (unpaired) electrons. The van der Waals surface area contributed by atoms with Crippen LogP contribution in [0.15, 0.2) is 48.9 Å². The lowest BCUT2D eigenvalue weighted by molar-refractivity contribution is -0.140. The maximum atomic E-state index is 13.8. The first-order chi connectivity index (χ1) is 16.0. The van der Waals surface area contributed by atoms with Crippen LogP contribution in [0.5, 0.6) is 5.88 Å². The van der Waals surface area contributed by atoms with Gasteiger partial charge in [0.15, 0.2) is 0 Å². The van der Waals surface area contributed by atoms with Crippen molar-refractivity contribution in [1.82, 2.24) is 14.5 Å². The van der Waals surface area contributed by atoms with E-state index in [0.717, 1.165) is 34.1 Å². The Kier molecular flexibility index (Phi) is 5.28. The summed E-state index contributed by atoms with van der Waals surface area (Å²) in [4.78, 5) is 8.13. The first-order valence-corrected chi connectivity index (χ1v) is 12.3. The molecule has 1 saturated carbocycles. The highest BCUT2D eigenvalue weighted by atomic mass is 32.2. The fourth-order valence-electron chi connectivity index (χ4n) is 4.24. The summed E-state index contributed by atoms with van der Waals surface area (Å²) in [5.74, 6) is -0.532. The third-order valence-electron chi connectivity index (χ3n) is 5.94. The average molecular weight is 491 g/mol. The highest BCUT2D eigenvalue weighted by Gasteiger charge is 2.39. The van der Waals surface area contributed by atoms with Gasteiger partial charge in [-0.15, -0.1) is 0 Å². The summed E-state index contributed by atoms with van der Waals surface area (Å²) in [6.07, 6.45) is 0.176. The van der Waals surface area contributed by atoms with Crippen molar-refractivity contribution in [3.05, 3.63) is 54.5 Å². The second-order valence-electron chi connectivity index (χ2n) is 8.39. The molecule has 7 nitrogen and oxygen atoms in total. The van der Waals surface area contributed by atoms with Crippen molar-refractivity contribution >= 4 is 31.9 Å². The number of ether oxygens (including phenoxy) is 1. The van der Waals surface area contributed by atoms with Crippen LogP contribution in [0.2, 0.25) is 0 Å². The van der Waals surface area contributed by atoms with Crippen molar-refractivity contribution in [3.63, 3.8) is 0 Å². The van der Waals surface area contributed by atoms with Crippen molar-refractivity contribution in [2.45, 2.75) is 31.2 Å². The lowest BCUT2D eigenvalue weighted by Gasteiger charge is -2.34. The Morgan fingerprint density at radius 3 is 2.47 bits per heavy atom. The minimum absolute atomic E-state index is 0.167. The number of nitrogens with zero attached hydrogens (tertiary/aromatic N) is 3. The van der Waals surface area contributed by atoms with Gasteiger partial charge in [-0.1, -0.05) is 12.1 Å². The molecule has 5 rings (SSSR count). The standard InChI is InChI=1S/C23H20F3N3O4S/c1-29-20-5-6-27-12-18(20)17-4-3-13(8-21(17)29)14-7-19(23(24,25)26)22(28-11-14)32-15-9-16(10-15)33-34(2,30)31/h3-8,11-12,15-16H,9-10H2,1-2H3/t15-,16+. The van der Waals surface area contributed by atoms with Crippen molar-refractivity contribution in [2.75, 3.05) is 6.26 Å². The van der Waals surface area contributed by atoms with Gasteiger partial charge in [0, 0.05) is 60.3 Å². The molecular formula is C23H20F3N3O4S. The van der Waals surface area contributed by atoms with Crippen LogP contribution in [-0.4, -0.2) is 41.4 Å². The Bertz CT molecular complexity index is 1510. The van der Waals surface area contributed by atoms with Gasteiger partial charge in [-0.2, -0.15) is 21.6 Å². The maximum absolute atomic E-state index is 13.8. The number of fused-ring (bicyclic) bond motifs is 3. The van der Waals surface area contributed by atoms with E-state index in [2.05, 4.69) is 9.97 Å². The number of rotatable bonds is 5. The minimum atomic E-state index is -4.68. The van der Waals surface area contributed by atoms with Crippen LogP contribution in [0.25, 0.3) is 32.9 Å². The number of halogens is 3. The second kappa shape index (κ2) is 7.95. The topological polar surface area (TPSA) is 83.3 Å². The minimum Gasteiger partial charge on any atom is -0.474 e. The Hall–Kier alpha value is -3.18. The molecule has 0 N–H and O–H groups in total. The van der Waals surface area contributed by atoms with Crippen molar-refractivity contribution in [3.8, 4) is 17.0 Å². The van der Waals surface area contributed by atoms with Gasteiger partial charge in [0.05, 0.1) is 17.9 Å². The molecule has 178 valence electrons. The van der Waals surface area contributed by atoms with Crippen LogP contribution in [0.1, 0.15) is 18.4 Å². The summed E-state index contributed by atoms with van der Waals surface area (Å²) < 4.78 is 76.1. The van der Waals surface area contributed by atoms with E-state index < -0.39 is 39.9 Å². The Morgan fingerprint density at radius 2 is 1.76 bits per heavy atom. The van der Waals surface area contributed by atoms with Crippen molar-refractivity contribution in [2.24, 2.45) is 7.05 Å². The molecule has 11 heteroatoms. The molecule has 0 atom stereocenters. The zero-order chi connectivity index (χ0) is 24.3. The number of alkyl halides is 3. The molecule has 0 spiro atoms. The smallest absolute Gasteiger partial charge is 0.421 e. The number of aryl methyl sites for hydroxylation is 1. The Morgan fingerprint density at radius 1 is 1.00 bits per heavy atom. The Balaban J connectivity index is 1.46. The molecule has 0 bridgehead atoms. The number of aromatic nitrogens is 3. The van der Waals surface area contributed by atoms with Crippen LogP contribution in [0.4, 0.5) is 13.2 Å². The highest BCUT2D eigenvalue weighted by molar-refractivity contribution is 7.86. The maximum Gasteiger partial charge on any atom is 0.421 e. The van der Waals surface area contributed by atoms with Crippen LogP contribution < -0.4 is 4.74 Å². The van der Waals surface area contributed by atoms with Crippen LogP contribution in [0, 0.1) is 0 Å². The van der Waals surface area contributed by atoms with Gasteiger partial charge in [-0.25, -0.2) is 4.98 Å². The molecule has 1 aliphatic rings. The molecule has 3 aromatic heterocycles. The van der Waals surface area contributed by atoms with E-state index in [-0.39, 0.29) is 12.8 Å². The van der Waals surface area contributed by atoms with Crippen LogP contribution in [0.3, 0.4) is 0 Å². The van der Waals surface area contributed by atoms with Gasteiger partial charge in [0.1, 0.15) is 11.7 Å². The van der Waals surface area contributed by atoms with Gasteiger partial charge in [0.25, 0.3) is 10.1 Å². The first-order valence-electron chi connectivity index (χ1n) is 10.4. The summed E-state index contributed by atoms with van der Waals surface area (Å²) in [7, 11) is -1.74. The van der Waals surface area contributed by atoms with Gasteiger partial charge in [0.2, 0.25) is 5.88 Å². The van der Waals surface area contributed by atoms with Gasteiger partial charge in [-0.3, -0.25) is 9.17 Å². The summed E-state index contributed by atoms with van der Waals surface area (Å²) >= 11 is 0. The van der Waals surface area contributed by atoms with E-state index in [1.165, 1.54) is 6.20 Å². The third kappa shape index (κ3) is 4.21. The zero-order valence-electron chi connectivity index (χ0n) is 18.2. The van der Waals surface area contributed by atoms with Gasteiger partial charge in [-0.05, 0) is 23.8 Å². The number of pyridine rings is 2. The Labute approximate surface area is 193 Å². The molecule has 0 amide bonds. The number of hydrogen-bond donors (Lipinski definition) is 0. The number of benzene rings is 1. The molecule has 0 aliphatic heterocycles. The summed E-state index contributed by atoms with van der Waals surface area (Å²) in [5.41, 5.74) is 1.73. The molecule has 1 aromatic carbocycles. The van der Waals surface area contributed by atoms with E-state index in [1.54, 1.807) is 18.5 Å². The lowest BCUT2D eigenvalue weighted by atomic mass is 9.92. The van der Waals surface area contributed by atoms with Crippen LogP contribution >= 0.6 is 0 Å². The van der Waals surface area contributed by atoms with E-state index in [0.29, 0.717) is 11.1 Å². The monoisotopic (exact) mass is 491 g/mol. The van der Waals surface area contributed by atoms with Crippen molar-refractivity contribution < 1.29 is 30.5 Å². The summed E-state index contributed by atoms with van der Waals surface area (Å²) in [5, 5.41) is 1.91. The predicted molar refractivity (Wildman–Crippen MR) is 120 cm³/mol. The summed E-state index contributed by atoms with van der Waals surface area (Å²) in [6, 6.07) is 8.35. The second-order valence-corrected chi connectivity index (χ2v) is 9.99. The molecule has 34 heavy (non-hydrogen) atoms. The molecule has 0 unspecified atom stereocenters. The molecule has 1 aliphatic carbocycles. The highest BCUT2D eigenvalue weighted by Crippen LogP contribution is 2.40. The van der Waals surface area contributed by atoms with Gasteiger partial charge >= 0.3 is 6.18 Å². The fourth-order valence-corrected chi connectivity index (χ4v) is 4.89. The average Bonchev–Trinajstić information content (AvgIpc) is 3.03.